The van der Waals surface area contributed by atoms with Crippen LogP contribution in [0.5, 0.6) is 0 Å². The van der Waals surface area contributed by atoms with Gasteiger partial charge in [-0.2, -0.15) is 0 Å². The standard InChI is InChI=1S/C15H26N4O2S/c1-4-15(3,19-5-7-21-8-6-19)11-17-14(20)16-9-13-10-22-12(2)18-13/h10H,4-9,11H2,1-3H3,(H2,16,17,20)/t15-/m0/s1. The highest BCUT2D eigenvalue weighted by Crippen LogP contribution is 2.19. The number of hydrogen-bond acceptors (Lipinski definition) is 5. The zero-order valence-electron chi connectivity index (χ0n) is 13.6. The first-order valence-corrected chi connectivity index (χ1v) is 8.67. The third kappa shape index (κ3) is 4.66. The second-order valence-corrected chi connectivity index (χ2v) is 6.91. The largest absolute Gasteiger partial charge is 0.379 e. The summed E-state index contributed by atoms with van der Waals surface area (Å²) in [5, 5.41) is 8.84. The number of aryl methyl sites for hydroxylation is 1. The monoisotopic (exact) mass is 326 g/mol. The van der Waals surface area contributed by atoms with Gasteiger partial charge in [-0.25, -0.2) is 9.78 Å². The molecule has 1 aliphatic rings. The van der Waals surface area contributed by atoms with Crippen LogP contribution in [0.25, 0.3) is 0 Å². The van der Waals surface area contributed by atoms with E-state index in [0.717, 1.165) is 43.4 Å². The van der Waals surface area contributed by atoms with Crippen molar-refractivity contribution in [3.8, 4) is 0 Å². The topological polar surface area (TPSA) is 66.5 Å². The van der Waals surface area contributed by atoms with E-state index in [1.165, 1.54) is 0 Å². The summed E-state index contributed by atoms with van der Waals surface area (Å²) >= 11 is 1.59. The number of nitrogens with one attached hydrogen (secondary N) is 2. The van der Waals surface area contributed by atoms with Gasteiger partial charge in [0.2, 0.25) is 0 Å². The Labute approximate surface area is 136 Å². The number of rotatable bonds is 6. The first-order chi connectivity index (χ1) is 10.5. The van der Waals surface area contributed by atoms with Gasteiger partial charge in [0.15, 0.2) is 0 Å². The van der Waals surface area contributed by atoms with E-state index in [1.807, 2.05) is 12.3 Å². The lowest BCUT2D eigenvalue weighted by atomic mass is 9.95. The minimum absolute atomic E-state index is 0.0294. The number of ether oxygens (including phenoxy) is 1. The van der Waals surface area contributed by atoms with Crippen molar-refractivity contribution in [1.82, 2.24) is 20.5 Å². The fraction of sp³-hybridized carbons (Fsp3) is 0.733. The van der Waals surface area contributed by atoms with Crippen LogP contribution in [0.2, 0.25) is 0 Å². The van der Waals surface area contributed by atoms with E-state index in [4.69, 9.17) is 4.74 Å². The van der Waals surface area contributed by atoms with Gasteiger partial charge >= 0.3 is 6.03 Å². The van der Waals surface area contributed by atoms with Crippen molar-refractivity contribution in [3.63, 3.8) is 0 Å². The van der Waals surface area contributed by atoms with E-state index in [2.05, 4.69) is 34.4 Å². The molecule has 1 aromatic rings. The van der Waals surface area contributed by atoms with Crippen LogP contribution in [0.1, 0.15) is 31.0 Å². The van der Waals surface area contributed by atoms with Crippen LogP contribution < -0.4 is 10.6 Å². The first-order valence-electron chi connectivity index (χ1n) is 7.79. The van der Waals surface area contributed by atoms with Gasteiger partial charge in [-0.05, 0) is 20.3 Å². The van der Waals surface area contributed by atoms with E-state index >= 15 is 0 Å². The molecule has 2 rings (SSSR count). The van der Waals surface area contributed by atoms with Gasteiger partial charge in [0, 0.05) is 30.6 Å². The molecule has 0 aliphatic carbocycles. The highest BCUT2D eigenvalue weighted by Gasteiger charge is 2.31. The Morgan fingerprint density at radius 1 is 1.45 bits per heavy atom. The van der Waals surface area contributed by atoms with Crippen molar-refractivity contribution in [2.75, 3.05) is 32.8 Å². The minimum Gasteiger partial charge on any atom is -0.379 e. The molecule has 1 fully saturated rings. The second-order valence-electron chi connectivity index (χ2n) is 5.84. The molecule has 2 heterocycles. The van der Waals surface area contributed by atoms with Crippen LogP contribution in [0.3, 0.4) is 0 Å². The molecule has 2 N–H and O–H groups in total. The summed E-state index contributed by atoms with van der Waals surface area (Å²) in [5.41, 5.74) is 0.877. The lowest BCUT2D eigenvalue weighted by Crippen LogP contribution is -2.57. The van der Waals surface area contributed by atoms with Crippen LogP contribution in [0, 0.1) is 6.92 Å². The summed E-state index contributed by atoms with van der Waals surface area (Å²) in [4.78, 5) is 18.7. The number of carbonyl (C=O) groups excluding carboxylic acids is 1. The third-order valence-corrected chi connectivity index (χ3v) is 5.08. The molecule has 1 atom stereocenters. The van der Waals surface area contributed by atoms with Gasteiger partial charge in [0.25, 0.3) is 0 Å². The molecule has 0 unspecified atom stereocenters. The molecule has 1 aromatic heterocycles. The van der Waals surface area contributed by atoms with E-state index in [-0.39, 0.29) is 11.6 Å². The number of amides is 2. The Morgan fingerprint density at radius 2 is 2.18 bits per heavy atom. The van der Waals surface area contributed by atoms with E-state index in [0.29, 0.717) is 13.1 Å². The van der Waals surface area contributed by atoms with Crippen molar-refractivity contribution in [2.24, 2.45) is 0 Å². The molecule has 0 aromatic carbocycles. The van der Waals surface area contributed by atoms with Crippen LogP contribution in [-0.2, 0) is 11.3 Å². The van der Waals surface area contributed by atoms with Crippen molar-refractivity contribution in [2.45, 2.75) is 39.3 Å². The van der Waals surface area contributed by atoms with E-state index in [9.17, 15) is 4.79 Å². The van der Waals surface area contributed by atoms with Gasteiger partial charge in [-0.15, -0.1) is 11.3 Å². The average Bonchev–Trinajstić information content (AvgIpc) is 2.97. The summed E-state index contributed by atoms with van der Waals surface area (Å²) in [6.45, 7) is 10.8. The molecule has 0 spiro atoms. The Bertz CT molecular complexity index is 488. The number of aromatic nitrogens is 1. The highest BCUT2D eigenvalue weighted by molar-refractivity contribution is 7.09. The second kappa shape index (κ2) is 7.89. The first kappa shape index (κ1) is 17.2. The Balaban J connectivity index is 1.77. The minimum atomic E-state index is -0.140. The lowest BCUT2D eigenvalue weighted by Gasteiger charge is -2.43. The lowest BCUT2D eigenvalue weighted by molar-refractivity contribution is -0.0165. The quantitative estimate of drug-likeness (QED) is 0.836. The van der Waals surface area contributed by atoms with Crippen LogP contribution in [0.15, 0.2) is 5.38 Å². The zero-order valence-corrected chi connectivity index (χ0v) is 14.5. The van der Waals surface area contributed by atoms with Crippen LogP contribution >= 0.6 is 11.3 Å². The van der Waals surface area contributed by atoms with Gasteiger partial charge in [-0.3, -0.25) is 4.90 Å². The third-order valence-electron chi connectivity index (χ3n) is 4.26. The molecular weight excluding hydrogens is 300 g/mol. The average molecular weight is 326 g/mol. The number of thiazole rings is 1. The molecule has 1 aliphatic heterocycles. The van der Waals surface area contributed by atoms with Crippen molar-refractivity contribution < 1.29 is 9.53 Å². The summed E-state index contributed by atoms with van der Waals surface area (Å²) in [7, 11) is 0. The molecule has 6 nitrogen and oxygen atoms in total. The highest BCUT2D eigenvalue weighted by atomic mass is 32.1. The van der Waals surface area contributed by atoms with Crippen molar-refractivity contribution in [3.05, 3.63) is 16.1 Å². The Hall–Kier alpha value is -1.18. The van der Waals surface area contributed by atoms with Gasteiger partial charge in [0.05, 0.1) is 30.5 Å². The molecule has 2 amide bonds. The molecular formula is C15H26N4O2S. The van der Waals surface area contributed by atoms with Gasteiger partial charge in [0.1, 0.15) is 0 Å². The smallest absolute Gasteiger partial charge is 0.315 e. The maximum atomic E-state index is 12.0. The summed E-state index contributed by atoms with van der Waals surface area (Å²) in [6.07, 6.45) is 0.985. The number of morpholine rings is 1. The van der Waals surface area contributed by atoms with E-state index in [1.54, 1.807) is 11.3 Å². The molecule has 7 heteroatoms. The van der Waals surface area contributed by atoms with E-state index < -0.39 is 0 Å². The number of urea groups is 1. The number of nitrogens with zero attached hydrogens (tertiary/aromatic N) is 2. The fourth-order valence-corrected chi connectivity index (χ4v) is 3.17. The SMILES string of the molecule is CC[C@@](C)(CNC(=O)NCc1csc(C)n1)N1CCOCC1. The summed E-state index contributed by atoms with van der Waals surface area (Å²) < 4.78 is 5.41. The van der Waals surface area contributed by atoms with Crippen molar-refractivity contribution in [1.29, 1.82) is 0 Å². The van der Waals surface area contributed by atoms with Crippen LogP contribution in [0.4, 0.5) is 4.79 Å². The Morgan fingerprint density at radius 3 is 2.77 bits per heavy atom. The zero-order chi connectivity index (χ0) is 16.0. The maximum Gasteiger partial charge on any atom is 0.315 e. The predicted molar refractivity (Wildman–Crippen MR) is 88.2 cm³/mol. The molecule has 0 radical (unpaired) electrons. The number of hydrogen-bond donors (Lipinski definition) is 2. The Kier molecular flexibility index (Phi) is 6.16. The molecule has 0 bridgehead atoms. The summed E-state index contributed by atoms with van der Waals surface area (Å²) in [5.74, 6) is 0. The predicted octanol–water partition coefficient (Wildman–Crippen LogP) is 1.75. The summed E-state index contributed by atoms with van der Waals surface area (Å²) in [6, 6.07) is -0.140. The molecule has 22 heavy (non-hydrogen) atoms. The normalized spacial score (nSPS) is 18.7. The molecule has 1 saturated heterocycles. The fourth-order valence-electron chi connectivity index (χ4n) is 2.56. The van der Waals surface area contributed by atoms with Crippen molar-refractivity contribution >= 4 is 17.4 Å². The van der Waals surface area contributed by atoms with Crippen LogP contribution in [-0.4, -0.2) is 54.3 Å². The maximum absolute atomic E-state index is 12.0. The molecule has 124 valence electrons. The van der Waals surface area contributed by atoms with Gasteiger partial charge < -0.3 is 15.4 Å². The van der Waals surface area contributed by atoms with Gasteiger partial charge in [-0.1, -0.05) is 6.92 Å². The number of carbonyl (C=O) groups is 1. The molecule has 0 saturated carbocycles.